The van der Waals surface area contributed by atoms with Crippen LogP contribution in [0.2, 0.25) is 0 Å². The minimum absolute atomic E-state index is 0.0100. The number of rotatable bonds is 3. The fourth-order valence-electron chi connectivity index (χ4n) is 2.92. The molecular formula is C15H18BrNO. The molecule has 1 saturated carbocycles. The summed E-state index contributed by atoms with van der Waals surface area (Å²) in [6.45, 7) is 0. The van der Waals surface area contributed by atoms with E-state index in [0.717, 1.165) is 30.2 Å². The Morgan fingerprint density at radius 3 is 2.67 bits per heavy atom. The van der Waals surface area contributed by atoms with Gasteiger partial charge in [0.15, 0.2) is 0 Å². The predicted molar refractivity (Wildman–Crippen MR) is 76.3 cm³/mol. The largest absolute Gasteiger partial charge is 0.346 e. The van der Waals surface area contributed by atoms with Gasteiger partial charge in [0.25, 0.3) is 5.91 Å². The molecule has 3 heteroatoms. The van der Waals surface area contributed by atoms with E-state index >= 15 is 0 Å². The molecule has 0 saturated heterocycles. The minimum atomic E-state index is 0.0100. The van der Waals surface area contributed by atoms with Gasteiger partial charge in [0.1, 0.15) is 0 Å². The first-order valence-electron chi connectivity index (χ1n) is 6.73. The summed E-state index contributed by atoms with van der Waals surface area (Å²) < 4.78 is 0. The van der Waals surface area contributed by atoms with Gasteiger partial charge in [0.2, 0.25) is 0 Å². The normalized spacial score (nSPS) is 20.1. The highest BCUT2D eigenvalue weighted by atomic mass is 79.9. The van der Waals surface area contributed by atoms with Gasteiger partial charge in [-0.2, -0.15) is 0 Å². The number of fused-ring (bicyclic) bond motifs is 1. The molecule has 0 radical (unpaired) electrons. The molecule has 0 bridgehead atoms. The Morgan fingerprint density at radius 2 is 2.00 bits per heavy atom. The molecular weight excluding hydrogens is 290 g/mol. The number of alkyl halides is 1. The molecule has 2 nitrogen and oxygen atoms in total. The monoisotopic (exact) mass is 307 g/mol. The van der Waals surface area contributed by atoms with Crippen LogP contribution in [0.3, 0.4) is 0 Å². The number of aryl methyl sites for hydroxylation is 2. The zero-order valence-corrected chi connectivity index (χ0v) is 12.1. The second-order valence-electron chi connectivity index (χ2n) is 5.56. The topological polar surface area (TPSA) is 29.1 Å². The van der Waals surface area contributed by atoms with E-state index in [-0.39, 0.29) is 11.4 Å². The number of halogens is 1. The minimum Gasteiger partial charge on any atom is -0.346 e. The lowest BCUT2D eigenvalue weighted by molar-refractivity contribution is 0.0856. The number of nitrogens with one attached hydrogen (secondary N) is 1. The molecule has 0 aromatic heterocycles. The number of carbonyl (C=O) groups excluding carboxylic acids is 1. The van der Waals surface area contributed by atoms with E-state index in [0.29, 0.717) is 0 Å². The van der Waals surface area contributed by atoms with E-state index < -0.39 is 0 Å². The maximum atomic E-state index is 12.3. The Labute approximate surface area is 116 Å². The lowest BCUT2D eigenvalue weighted by atomic mass is 9.78. The van der Waals surface area contributed by atoms with E-state index in [9.17, 15) is 4.79 Å². The van der Waals surface area contributed by atoms with Gasteiger partial charge in [-0.25, -0.2) is 0 Å². The van der Waals surface area contributed by atoms with Crippen LogP contribution in [0.1, 0.15) is 47.2 Å². The molecule has 2 aliphatic rings. The van der Waals surface area contributed by atoms with Crippen LogP contribution in [0.4, 0.5) is 0 Å². The quantitative estimate of drug-likeness (QED) is 0.854. The van der Waals surface area contributed by atoms with Gasteiger partial charge >= 0.3 is 0 Å². The third-order valence-electron chi connectivity index (χ3n) is 4.31. The summed E-state index contributed by atoms with van der Waals surface area (Å²) in [7, 11) is 0. The van der Waals surface area contributed by atoms with Crippen LogP contribution in [0.25, 0.3) is 0 Å². The molecule has 0 heterocycles. The van der Waals surface area contributed by atoms with E-state index in [1.807, 2.05) is 6.07 Å². The van der Waals surface area contributed by atoms with Crippen LogP contribution in [-0.2, 0) is 12.8 Å². The van der Waals surface area contributed by atoms with Crippen LogP contribution < -0.4 is 5.32 Å². The molecule has 0 aliphatic heterocycles. The van der Waals surface area contributed by atoms with Crippen LogP contribution in [0, 0.1) is 0 Å². The van der Waals surface area contributed by atoms with Gasteiger partial charge in [-0.3, -0.25) is 4.79 Å². The highest BCUT2D eigenvalue weighted by molar-refractivity contribution is 9.09. The number of hydrogen-bond acceptors (Lipinski definition) is 1. The Balaban J connectivity index is 1.76. The highest BCUT2D eigenvalue weighted by Gasteiger charge is 2.37. The van der Waals surface area contributed by atoms with Crippen molar-refractivity contribution in [3.8, 4) is 0 Å². The number of benzene rings is 1. The lowest BCUT2D eigenvalue weighted by Gasteiger charge is -2.41. The van der Waals surface area contributed by atoms with Gasteiger partial charge < -0.3 is 5.32 Å². The standard InChI is InChI=1S/C15H18BrNO/c16-10-15(7-2-8-15)17-14(18)13-6-5-11-3-1-4-12(11)9-13/h5-6,9H,1-4,7-8,10H2,(H,17,18). The Kier molecular flexibility index (Phi) is 3.18. The summed E-state index contributed by atoms with van der Waals surface area (Å²) in [5.41, 5.74) is 3.62. The smallest absolute Gasteiger partial charge is 0.251 e. The summed E-state index contributed by atoms with van der Waals surface area (Å²) >= 11 is 3.52. The molecule has 1 aromatic carbocycles. The predicted octanol–water partition coefficient (Wildman–Crippen LogP) is 3.22. The zero-order valence-electron chi connectivity index (χ0n) is 10.5. The van der Waals surface area contributed by atoms with E-state index in [1.165, 1.54) is 30.4 Å². The Morgan fingerprint density at radius 1 is 1.22 bits per heavy atom. The molecule has 1 aromatic rings. The summed E-state index contributed by atoms with van der Waals surface area (Å²) in [5, 5.41) is 4.06. The first-order valence-corrected chi connectivity index (χ1v) is 7.85. The summed E-state index contributed by atoms with van der Waals surface area (Å²) in [5.74, 6) is 0.0869. The van der Waals surface area contributed by atoms with Gasteiger partial charge in [0.05, 0.1) is 5.54 Å². The second kappa shape index (κ2) is 4.69. The lowest BCUT2D eigenvalue weighted by Crippen LogP contribution is -2.54. The molecule has 18 heavy (non-hydrogen) atoms. The zero-order chi connectivity index (χ0) is 12.6. The van der Waals surface area contributed by atoms with E-state index in [4.69, 9.17) is 0 Å². The van der Waals surface area contributed by atoms with Crippen molar-refractivity contribution in [1.82, 2.24) is 5.32 Å². The van der Waals surface area contributed by atoms with Gasteiger partial charge in [0, 0.05) is 10.9 Å². The van der Waals surface area contributed by atoms with E-state index in [2.05, 4.69) is 33.4 Å². The first kappa shape index (κ1) is 12.2. The van der Waals surface area contributed by atoms with Gasteiger partial charge in [-0.05, 0) is 61.8 Å². The first-order chi connectivity index (χ1) is 8.72. The molecule has 1 amide bonds. The van der Waals surface area contributed by atoms with E-state index in [1.54, 1.807) is 0 Å². The van der Waals surface area contributed by atoms with Crippen molar-refractivity contribution in [2.45, 2.75) is 44.1 Å². The molecule has 96 valence electrons. The molecule has 0 atom stereocenters. The molecule has 0 spiro atoms. The van der Waals surface area contributed by atoms with Crippen molar-refractivity contribution in [1.29, 1.82) is 0 Å². The third kappa shape index (κ3) is 2.09. The van der Waals surface area contributed by atoms with Crippen molar-refractivity contribution in [3.05, 3.63) is 34.9 Å². The fourth-order valence-corrected chi connectivity index (χ4v) is 3.62. The van der Waals surface area contributed by atoms with Crippen molar-refractivity contribution >= 4 is 21.8 Å². The molecule has 2 aliphatic carbocycles. The van der Waals surface area contributed by atoms with Crippen molar-refractivity contribution in [3.63, 3.8) is 0 Å². The molecule has 0 unspecified atom stereocenters. The number of carbonyl (C=O) groups is 1. The summed E-state index contributed by atoms with van der Waals surface area (Å²) in [4.78, 5) is 12.3. The second-order valence-corrected chi connectivity index (χ2v) is 6.12. The van der Waals surface area contributed by atoms with Crippen LogP contribution in [0.15, 0.2) is 18.2 Å². The Bertz CT molecular complexity index is 474. The third-order valence-corrected chi connectivity index (χ3v) is 5.38. The van der Waals surface area contributed by atoms with Crippen LogP contribution in [-0.4, -0.2) is 16.8 Å². The average Bonchev–Trinajstić information content (AvgIpc) is 2.80. The number of amides is 1. The van der Waals surface area contributed by atoms with Gasteiger partial charge in [-0.1, -0.05) is 22.0 Å². The van der Waals surface area contributed by atoms with Crippen LogP contribution in [0.5, 0.6) is 0 Å². The summed E-state index contributed by atoms with van der Waals surface area (Å²) in [6.07, 6.45) is 6.92. The fraction of sp³-hybridized carbons (Fsp3) is 0.533. The molecule has 1 N–H and O–H groups in total. The van der Waals surface area contributed by atoms with Crippen molar-refractivity contribution in [2.75, 3.05) is 5.33 Å². The molecule has 3 rings (SSSR count). The van der Waals surface area contributed by atoms with Gasteiger partial charge in [-0.15, -0.1) is 0 Å². The van der Waals surface area contributed by atoms with Crippen molar-refractivity contribution in [2.24, 2.45) is 0 Å². The number of hydrogen-bond donors (Lipinski definition) is 1. The maximum Gasteiger partial charge on any atom is 0.251 e. The Hall–Kier alpha value is -0.830. The highest BCUT2D eigenvalue weighted by Crippen LogP contribution is 2.33. The SMILES string of the molecule is O=C(NC1(CBr)CCC1)c1ccc2c(c1)CCC2. The molecule has 1 fully saturated rings. The van der Waals surface area contributed by atoms with Crippen LogP contribution >= 0.6 is 15.9 Å². The summed E-state index contributed by atoms with van der Waals surface area (Å²) in [6, 6.07) is 6.18. The maximum absolute atomic E-state index is 12.3. The van der Waals surface area contributed by atoms with Crippen molar-refractivity contribution < 1.29 is 4.79 Å². The average molecular weight is 308 g/mol.